The second-order valence-electron chi connectivity index (χ2n) is 9.61. The summed E-state index contributed by atoms with van der Waals surface area (Å²) < 4.78 is 1.69. The van der Waals surface area contributed by atoms with E-state index in [0.717, 1.165) is 16.2 Å². The van der Waals surface area contributed by atoms with E-state index in [1.807, 2.05) is 73.8 Å². The van der Waals surface area contributed by atoms with Gasteiger partial charge in [-0.2, -0.15) is 5.10 Å². The van der Waals surface area contributed by atoms with Gasteiger partial charge in [0.2, 0.25) is 5.91 Å². The van der Waals surface area contributed by atoms with Gasteiger partial charge >= 0.3 is 0 Å². The van der Waals surface area contributed by atoms with Crippen molar-refractivity contribution in [1.29, 1.82) is 0 Å². The number of anilines is 1. The summed E-state index contributed by atoms with van der Waals surface area (Å²) in [5.74, 6) is -0.437. The number of hydrogen-bond donors (Lipinski definition) is 1. The van der Waals surface area contributed by atoms with Gasteiger partial charge in [0.25, 0.3) is 5.91 Å². The fourth-order valence-corrected chi connectivity index (χ4v) is 4.52. The molecule has 0 saturated carbocycles. The smallest absolute Gasteiger partial charge is 0.277 e. The first kappa shape index (κ1) is 23.1. The topological polar surface area (TPSA) is 67.2 Å². The van der Waals surface area contributed by atoms with E-state index < -0.39 is 5.54 Å². The number of carbonyl (C=O) groups is 2. The van der Waals surface area contributed by atoms with Crippen molar-refractivity contribution in [2.45, 2.75) is 56.6 Å². The molecule has 1 N–H and O–H groups in total. The predicted molar refractivity (Wildman–Crippen MR) is 133 cm³/mol. The van der Waals surface area contributed by atoms with E-state index in [2.05, 4.69) is 26.1 Å². The molecule has 0 fully saturated rings. The van der Waals surface area contributed by atoms with E-state index in [-0.39, 0.29) is 23.8 Å². The van der Waals surface area contributed by atoms with E-state index in [0.29, 0.717) is 17.9 Å². The number of thioether (sulfide) groups is 1. The van der Waals surface area contributed by atoms with Crippen LogP contribution in [0.3, 0.4) is 0 Å². The second kappa shape index (κ2) is 8.71. The minimum atomic E-state index is -1.14. The van der Waals surface area contributed by atoms with Crippen molar-refractivity contribution < 1.29 is 9.59 Å². The molecule has 0 unspecified atom stereocenters. The molecule has 0 saturated heterocycles. The van der Waals surface area contributed by atoms with Crippen LogP contribution in [0.2, 0.25) is 0 Å². The van der Waals surface area contributed by atoms with Gasteiger partial charge in [0.1, 0.15) is 11.2 Å². The zero-order valence-corrected chi connectivity index (χ0v) is 20.6. The monoisotopic (exact) mass is 462 g/mol. The van der Waals surface area contributed by atoms with Crippen LogP contribution in [0.25, 0.3) is 0 Å². The first-order valence-electron chi connectivity index (χ1n) is 11.0. The maximum atomic E-state index is 13.8. The van der Waals surface area contributed by atoms with Crippen LogP contribution < -0.4 is 10.2 Å². The van der Waals surface area contributed by atoms with Crippen molar-refractivity contribution in [2.75, 3.05) is 11.2 Å². The van der Waals surface area contributed by atoms with Crippen LogP contribution in [-0.2, 0) is 23.3 Å². The Labute approximate surface area is 199 Å². The van der Waals surface area contributed by atoms with E-state index in [9.17, 15) is 9.59 Å². The fraction of sp³-hybridized carbons (Fsp3) is 0.346. The van der Waals surface area contributed by atoms with Crippen LogP contribution in [0, 0.1) is 0 Å². The summed E-state index contributed by atoms with van der Waals surface area (Å²) in [7, 11) is 0. The van der Waals surface area contributed by atoms with Gasteiger partial charge in [-0.05, 0) is 43.0 Å². The molecule has 2 aromatic carbocycles. The van der Waals surface area contributed by atoms with Gasteiger partial charge in [0, 0.05) is 22.5 Å². The van der Waals surface area contributed by atoms with Gasteiger partial charge in [0.05, 0.1) is 12.2 Å². The van der Waals surface area contributed by atoms with Crippen molar-refractivity contribution in [1.82, 2.24) is 15.1 Å². The molecule has 2 heterocycles. The minimum absolute atomic E-state index is 0.208. The van der Waals surface area contributed by atoms with Gasteiger partial charge in [-0.3, -0.25) is 19.2 Å². The predicted octanol–water partition coefficient (Wildman–Crippen LogP) is 4.64. The molecular weight excluding hydrogens is 432 g/mol. The SMILES string of the molecule is CSc1cccc(N2C(=O)c3cc(C(C)(C)C)nn3C[C@]2(C)C(=O)NCc2ccccc2)c1. The molecule has 33 heavy (non-hydrogen) atoms. The lowest BCUT2D eigenvalue weighted by molar-refractivity contribution is -0.126. The molecule has 0 radical (unpaired) electrons. The second-order valence-corrected chi connectivity index (χ2v) is 10.5. The Morgan fingerprint density at radius 2 is 1.85 bits per heavy atom. The summed E-state index contributed by atoms with van der Waals surface area (Å²) in [6.07, 6.45) is 1.99. The maximum Gasteiger partial charge on any atom is 0.277 e. The summed E-state index contributed by atoms with van der Waals surface area (Å²) in [5, 5.41) is 7.76. The average Bonchev–Trinajstić information content (AvgIpc) is 3.23. The lowest BCUT2D eigenvalue weighted by Crippen LogP contribution is -2.64. The zero-order chi connectivity index (χ0) is 23.8. The number of hydrogen-bond acceptors (Lipinski definition) is 4. The van der Waals surface area contributed by atoms with Crippen LogP contribution in [-0.4, -0.2) is 33.4 Å². The first-order valence-corrected chi connectivity index (χ1v) is 12.2. The summed E-state index contributed by atoms with van der Waals surface area (Å²) >= 11 is 1.60. The molecule has 1 aliphatic heterocycles. The number of fused-ring (bicyclic) bond motifs is 1. The molecule has 0 bridgehead atoms. The molecule has 3 aromatic rings. The van der Waals surface area contributed by atoms with Crippen molar-refractivity contribution >= 4 is 29.3 Å². The summed E-state index contributed by atoms with van der Waals surface area (Å²) in [6.45, 7) is 8.68. The third-order valence-corrected chi connectivity index (χ3v) is 6.74. The summed E-state index contributed by atoms with van der Waals surface area (Å²) in [6, 6.07) is 19.4. The Morgan fingerprint density at radius 3 is 2.52 bits per heavy atom. The normalized spacial score (nSPS) is 18.2. The van der Waals surface area contributed by atoms with Gasteiger partial charge in [-0.15, -0.1) is 11.8 Å². The molecule has 6 nitrogen and oxygen atoms in total. The molecule has 1 atom stereocenters. The van der Waals surface area contributed by atoms with Crippen molar-refractivity contribution in [3.63, 3.8) is 0 Å². The van der Waals surface area contributed by atoms with Crippen LogP contribution in [0.5, 0.6) is 0 Å². The number of rotatable bonds is 5. The van der Waals surface area contributed by atoms with Gasteiger partial charge < -0.3 is 5.32 Å². The van der Waals surface area contributed by atoms with Crippen LogP contribution in [0.15, 0.2) is 65.6 Å². The molecule has 1 aliphatic rings. The zero-order valence-electron chi connectivity index (χ0n) is 19.8. The fourth-order valence-electron chi connectivity index (χ4n) is 4.07. The van der Waals surface area contributed by atoms with Crippen molar-refractivity contribution in [2.24, 2.45) is 0 Å². The molecule has 7 heteroatoms. The third-order valence-electron chi connectivity index (χ3n) is 6.02. The average molecular weight is 463 g/mol. The molecule has 4 rings (SSSR count). The highest BCUT2D eigenvalue weighted by atomic mass is 32.2. The highest BCUT2D eigenvalue weighted by molar-refractivity contribution is 7.98. The lowest BCUT2D eigenvalue weighted by Gasteiger charge is -2.43. The molecular formula is C26H30N4O2S. The van der Waals surface area contributed by atoms with E-state index in [1.165, 1.54) is 0 Å². The highest BCUT2D eigenvalue weighted by Gasteiger charge is 2.49. The first-order chi connectivity index (χ1) is 15.6. The number of benzene rings is 2. The number of amides is 2. The number of aromatic nitrogens is 2. The van der Waals surface area contributed by atoms with Crippen LogP contribution in [0.4, 0.5) is 5.69 Å². The van der Waals surface area contributed by atoms with Crippen molar-refractivity contribution in [3.8, 4) is 0 Å². The largest absolute Gasteiger partial charge is 0.350 e. The van der Waals surface area contributed by atoms with Gasteiger partial charge in [-0.1, -0.05) is 57.2 Å². The standard InChI is InChI=1S/C26H30N4O2S/c1-25(2,3)22-15-21-23(31)30(19-12-9-13-20(14-19)33-5)26(4,17-29(21)28-22)24(32)27-16-18-10-7-6-8-11-18/h6-15H,16-17H2,1-5H3,(H,27,32)/t26-/m1/s1. The Kier molecular flexibility index (Phi) is 6.10. The maximum absolute atomic E-state index is 13.8. The Balaban J connectivity index is 1.76. The number of nitrogens with one attached hydrogen (secondary N) is 1. The lowest BCUT2D eigenvalue weighted by atomic mass is 9.91. The molecule has 2 amide bonds. The van der Waals surface area contributed by atoms with Gasteiger partial charge in [-0.25, -0.2) is 0 Å². The van der Waals surface area contributed by atoms with E-state index >= 15 is 0 Å². The molecule has 172 valence electrons. The number of carbonyl (C=O) groups excluding carboxylic acids is 2. The molecule has 1 aromatic heterocycles. The highest BCUT2D eigenvalue weighted by Crippen LogP contribution is 2.35. The van der Waals surface area contributed by atoms with E-state index in [4.69, 9.17) is 5.10 Å². The molecule has 0 aliphatic carbocycles. The minimum Gasteiger partial charge on any atom is -0.350 e. The van der Waals surface area contributed by atoms with Gasteiger partial charge in [0.15, 0.2) is 0 Å². The quantitative estimate of drug-likeness (QED) is 0.561. The summed E-state index contributed by atoms with van der Waals surface area (Å²) in [4.78, 5) is 30.1. The summed E-state index contributed by atoms with van der Waals surface area (Å²) in [5.41, 5.74) is 1.69. The Hall–Kier alpha value is -3.06. The van der Waals surface area contributed by atoms with E-state index in [1.54, 1.807) is 21.3 Å². The van der Waals surface area contributed by atoms with Crippen LogP contribution in [0.1, 0.15) is 49.4 Å². The van der Waals surface area contributed by atoms with Crippen LogP contribution >= 0.6 is 11.8 Å². The Bertz CT molecular complexity index is 1180. The van der Waals surface area contributed by atoms with Crippen molar-refractivity contribution in [3.05, 3.63) is 77.6 Å². The Morgan fingerprint density at radius 1 is 1.12 bits per heavy atom. The number of nitrogens with zero attached hydrogens (tertiary/aromatic N) is 3. The third kappa shape index (κ3) is 4.42. The molecule has 0 spiro atoms.